The molecule has 3 aromatic heterocycles. The van der Waals surface area contributed by atoms with E-state index in [0.29, 0.717) is 11.2 Å². The quantitative estimate of drug-likeness (QED) is 0.114. The third-order valence-corrected chi connectivity index (χ3v) is 9.17. The van der Waals surface area contributed by atoms with Crippen LogP contribution in [0.3, 0.4) is 0 Å². The molecule has 0 N–H and O–H groups in total. The number of hydrogen-bond donors (Lipinski definition) is 0. The largest absolute Gasteiger partial charge is 0.467 e. The second-order valence-electron chi connectivity index (χ2n) is 13.9. The zero-order valence-electron chi connectivity index (χ0n) is 28.9. The van der Waals surface area contributed by atoms with Gasteiger partial charge in [-0.05, 0) is 94.9 Å². The molecule has 0 saturated carbocycles. The summed E-state index contributed by atoms with van der Waals surface area (Å²) in [6.07, 6.45) is 12.7. The number of allylic oxidation sites excluding steroid dienone is 2. The Labute approximate surface area is 279 Å². The van der Waals surface area contributed by atoms with Crippen LogP contribution in [0.2, 0.25) is 0 Å². The summed E-state index contributed by atoms with van der Waals surface area (Å²) in [5.41, 5.74) is 6.94. The molecule has 0 bridgehead atoms. The number of carbonyl (C=O) groups is 1. The monoisotopic (exact) mass is 635 g/mol. The van der Waals surface area contributed by atoms with E-state index in [2.05, 4.69) is 60.3 Å². The van der Waals surface area contributed by atoms with Crippen molar-refractivity contribution in [2.75, 3.05) is 25.1 Å². The maximum Gasteiger partial charge on any atom is 0.339 e. The second-order valence-corrected chi connectivity index (χ2v) is 13.9. The SMILES string of the molecule is C=CCCc1ccncc1-c1cccc(-c2cc3nc(C)c(C(OC(C)(C)C)C(=O)OC)c(N4CCC(C)(CCC=C)CC4)n3n2)c1. The molecule has 1 fully saturated rings. The van der Waals surface area contributed by atoms with Crippen LogP contribution in [0.1, 0.15) is 82.7 Å². The molecule has 1 aromatic carbocycles. The molecule has 8 nitrogen and oxygen atoms in total. The second kappa shape index (κ2) is 14.2. The van der Waals surface area contributed by atoms with E-state index in [1.165, 1.54) is 12.7 Å². The number of nitrogens with zero attached hydrogens (tertiary/aromatic N) is 5. The Kier molecular flexibility index (Phi) is 10.3. The molecule has 4 aromatic rings. The summed E-state index contributed by atoms with van der Waals surface area (Å²) in [6, 6.07) is 12.5. The Morgan fingerprint density at radius 3 is 2.49 bits per heavy atom. The predicted octanol–water partition coefficient (Wildman–Crippen LogP) is 8.49. The first-order chi connectivity index (χ1) is 22.5. The van der Waals surface area contributed by atoms with Gasteiger partial charge in [0.25, 0.3) is 0 Å². The van der Waals surface area contributed by atoms with Gasteiger partial charge in [-0.2, -0.15) is 9.61 Å². The Balaban J connectivity index is 1.64. The van der Waals surface area contributed by atoms with E-state index >= 15 is 0 Å². The van der Waals surface area contributed by atoms with Gasteiger partial charge in [0.15, 0.2) is 11.8 Å². The maximum absolute atomic E-state index is 13.4. The van der Waals surface area contributed by atoms with Crippen molar-refractivity contribution in [1.29, 1.82) is 0 Å². The third-order valence-electron chi connectivity index (χ3n) is 9.17. The predicted molar refractivity (Wildman–Crippen MR) is 189 cm³/mol. The highest BCUT2D eigenvalue weighted by atomic mass is 16.6. The van der Waals surface area contributed by atoms with Crippen LogP contribution in [0.5, 0.6) is 0 Å². The first-order valence-corrected chi connectivity index (χ1v) is 16.6. The van der Waals surface area contributed by atoms with Crippen molar-refractivity contribution in [3.05, 3.63) is 90.9 Å². The fourth-order valence-corrected chi connectivity index (χ4v) is 6.52. The molecule has 0 aliphatic carbocycles. The first-order valence-electron chi connectivity index (χ1n) is 16.6. The van der Waals surface area contributed by atoms with Gasteiger partial charge in [-0.1, -0.05) is 37.3 Å². The van der Waals surface area contributed by atoms with Crippen LogP contribution in [0.25, 0.3) is 28.0 Å². The fourth-order valence-electron chi connectivity index (χ4n) is 6.52. The average molecular weight is 636 g/mol. The van der Waals surface area contributed by atoms with E-state index in [1.54, 1.807) is 0 Å². The molecule has 1 saturated heterocycles. The van der Waals surface area contributed by atoms with Crippen molar-refractivity contribution in [2.24, 2.45) is 5.41 Å². The van der Waals surface area contributed by atoms with Gasteiger partial charge in [-0.25, -0.2) is 9.78 Å². The number of aromatic nitrogens is 4. The van der Waals surface area contributed by atoms with Crippen LogP contribution in [-0.4, -0.2) is 51.4 Å². The van der Waals surface area contributed by atoms with E-state index in [9.17, 15) is 4.79 Å². The number of piperidine rings is 1. The summed E-state index contributed by atoms with van der Waals surface area (Å²) in [5.74, 6) is 0.376. The molecule has 0 spiro atoms. The molecular weight excluding hydrogens is 586 g/mol. The van der Waals surface area contributed by atoms with E-state index in [1.807, 2.05) is 62.8 Å². The standard InChI is InChI=1S/C39H49N5O3/c1-9-11-14-28-17-21-40-26-31(28)29-15-13-16-30(24-29)32-25-33-41-27(3)34(35(37(45)46-8)47-38(4,5)6)36(44(33)42-32)43-22-19-39(7,20-23-43)18-12-10-2/h9-10,13,15-17,21,24-26,35H,1-2,11-12,14,18-20,22-23H2,3-8H3. The van der Waals surface area contributed by atoms with Crippen LogP contribution in [-0.2, 0) is 20.7 Å². The molecule has 1 aliphatic heterocycles. The van der Waals surface area contributed by atoms with Gasteiger partial charge in [0.1, 0.15) is 5.82 Å². The Bertz CT molecular complexity index is 1740. The number of aryl methyl sites for hydroxylation is 2. The Morgan fingerprint density at radius 2 is 1.81 bits per heavy atom. The Hall–Kier alpha value is -4.30. The summed E-state index contributed by atoms with van der Waals surface area (Å²) >= 11 is 0. The van der Waals surface area contributed by atoms with Gasteiger partial charge in [-0.15, -0.1) is 13.2 Å². The number of hydrogen-bond acceptors (Lipinski definition) is 7. The molecule has 47 heavy (non-hydrogen) atoms. The lowest BCUT2D eigenvalue weighted by Crippen LogP contribution is -2.41. The number of fused-ring (bicyclic) bond motifs is 1. The molecule has 5 rings (SSSR count). The summed E-state index contributed by atoms with van der Waals surface area (Å²) in [4.78, 5) is 25.2. The smallest absolute Gasteiger partial charge is 0.339 e. The molecule has 1 aliphatic rings. The molecular formula is C39H49N5O3. The van der Waals surface area contributed by atoms with Crippen LogP contribution in [0, 0.1) is 12.3 Å². The first kappa shape index (κ1) is 34.0. The normalized spacial score (nSPS) is 15.4. The Morgan fingerprint density at radius 1 is 1.09 bits per heavy atom. The van der Waals surface area contributed by atoms with Gasteiger partial charge < -0.3 is 14.4 Å². The fraction of sp³-hybridized carbons (Fsp3) is 0.436. The van der Waals surface area contributed by atoms with Gasteiger partial charge in [0, 0.05) is 48.4 Å². The highest BCUT2D eigenvalue weighted by Gasteiger charge is 2.37. The van der Waals surface area contributed by atoms with E-state index in [-0.39, 0.29) is 5.41 Å². The van der Waals surface area contributed by atoms with Crippen molar-refractivity contribution >= 4 is 17.4 Å². The van der Waals surface area contributed by atoms with Crippen LogP contribution in [0.4, 0.5) is 5.82 Å². The number of rotatable bonds is 12. The van der Waals surface area contributed by atoms with Crippen LogP contribution < -0.4 is 4.90 Å². The lowest BCUT2D eigenvalue weighted by molar-refractivity contribution is -0.164. The molecule has 0 radical (unpaired) electrons. The molecule has 0 amide bonds. The molecule has 248 valence electrons. The zero-order valence-corrected chi connectivity index (χ0v) is 28.9. The van der Waals surface area contributed by atoms with Crippen molar-refractivity contribution in [2.45, 2.75) is 84.8 Å². The third kappa shape index (κ3) is 7.65. The van der Waals surface area contributed by atoms with Crippen molar-refractivity contribution < 1.29 is 14.3 Å². The molecule has 8 heteroatoms. The molecule has 4 heterocycles. The van der Waals surface area contributed by atoms with Crippen LogP contribution >= 0.6 is 0 Å². The number of pyridine rings is 1. The highest BCUT2D eigenvalue weighted by Crippen LogP contribution is 2.41. The van der Waals surface area contributed by atoms with Crippen LogP contribution in [0.15, 0.2) is 74.1 Å². The van der Waals surface area contributed by atoms with Gasteiger partial charge in [0.2, 0.25) is 0 Å². The van der Waals surface area contributed by atoms with Crippen molar-refractivity contribution in [3.63, 3.8) is 0 Å². The highest BCUT2D eigenvalue weighted by molar-refractivity contribution is 5.81. The number of benzene rings is 1. The minimum Gasteiger partial charge on any atom is -0.467 e. The van der Waals surface area contributed by atoms with Crippen molar-refractivity contribution in [1.82, 2.24) is 19.6 Å². The zero-order chi connectivity index (χ0) is 33.8. The summed E-state index contributed by atoms with van der Waals surface area (Å²) < 4.78 is 13.6. The number of ether oxygens (including phenoxy) is 2. The minimum absolute atomic E-state index is 0.224. The van der Waals surface area contributed by atoms with E-state index < -0.39 is 17.7 Å². The minimum atomic E-state index is -0.962. The topological polar surface area (TPSA) is 81.8 Å². The van der Waals surface area contributed by atoms with Gasteiger partial charge in [-0.3, -0.25) is 4.98 Å². The number of anilines is 1. The molecule has 1 atom stereocenters. The number of methoxy groups -OCH3 is 1. The summed E-state index contributed by atoms with van der Waals surface area (Å²) in [7, 11) is 1.40. The average Bonchev–Trinajstić information content (AvgIpc) is 3.48. The van der Waals surface area contributed by atoms with E-state index in [4.69, 9.17) is 19.6 Å². The van der Waals surface area contributed by atoms with Gasteiger partial charge in [0.05, 0.1) is 24.0 Å². The summed E-state index contributed by atoms with van der Waals surface area (Å²) in [6.45, 7) is 19.6. The number of carbonyl (C=O) groups excluding carboxylic acids is 1. The van der Waals surface area contributed by atoms with E-state index in [0.717, 1.165) is 85.5 Å². The van der Waals surface area contributed by atoms with Gasteiger partial charge >= 0.3 is 5.97 Å². The molecule has 1 unspecified atom stereocenters. The number of esters is 1. The maximum atomic E-state index is 13.4. The van der Waals surface area contributed by atoms with Crippen molar-refractivity contribution in [3.8, 4) is 22.4 Å². The lowest BCUT2D eigenvalue weighted by atomic mass is 9.76. The lowest BCUT2D eigenvalue weighted by Gasteiger charge is -2.41. The summed E-state index contributed by atoms with van der Waals surface area (Å²) in [5, 5.41) is 5.18.